The van der Waals surface area contributed by atoms with E-state index in [9.17, 15) is 19.7 Å². The fourth-order valence-electron chi connectivity index (χ4n) is 1.16. The Bertz CT molecular complexity index is 557. The number of carbonyl (C=O) groups excluding carboxylic acids is 2. The minimum atomic E-state index is -0.548. The number of thioether (sulfide) groups is 2. The molecule has 1 aromatic rings. The molecule has 9 heteroatoms. The maximum atomic E-state index is 11.9. The zero-order chi connectivity index (χ0) is 15.1. The van der Waals surface area contributed by atoms with E-state index in [-0.39, 0.29) is 16.4 Å². The number of aliphatic imine (C=N–C) groups is 1. The lowest BCUT2D eigenvalue weighted by Gasteiger charge is -2.05. The summed E-state index contributed by atoms with van der Waals surface area (Å²) >= 11 is 2.05. The molecular formula is C11H11N3O4S2. The van der Waals surface area contributed by atoms with Gasteiger partial charge in [0.05, 0.1) is 4.92 Å². The van der Waals surface area contributed by atoms with Crippen LogP contribution in [0.5, 0.6) is 0 Å². The first kappa shape index (κ1) is 16.2. The van der Waals surface area contributed by atoms with Gasteiger partial charge in [0.1, 0.15) is 0 Å². The summed E-state index contributed by atoms with van der Waals surface area (Å²) in [7, 11) is 0. The van der Waals surface area contributed by atoms with Crippen LogP contribution in [-0.4, -0.2) is 33.7 Å². The third-order valence-corrected chi connectivity index (χ3v) is 3.14. The van der Waals surface area contributed by atoms with Gasteiger partial charge in [0, 0.05) is 17.7 Å². The number of nitro groups is 1. The fourth-order valence-corrected chi connectivity index (χ4v) is 1.77. The summed E-state index contributed by atoms with van der Waals surface area (Å²) in [5.41, 5.74) is 0.145. The van der Waals surface area contributed by atoms with Crippen LogP contribution >= 0.6 is 23.5 Å². The van der Waals surface area contributed by atoms with E-state index >= 15 is 0 Å². The molecule has 0 aromatic heterocycles. The van der Waals surface area contributed by atoms with Crippen LogP contribution in [0.15, 0.2) is 29.3 Å². The molecule has 0 unspecified atom stereocenters. The monoisotopic (exact) mass is 313 g/mol. The van der Waals surface area contributed by atoms with Crippen LogP contribution in [0.4, 0.5) is 10.5 Å². The summed E-state index contributed by atoms with van der Waals surface area (Å²) in [6.45, 7) is 0. The lowest BCUT2D eigenvalue weighted by atomic mass is 10.2. The van der Waals surface area contributed by atoms with Gasteiger partial charge in [0.25, 0.3) is 11.6 Å². The van der Waals surface area contributed by atoms with Crippen molar-refractivity contribution in [2.75, 3.05) is 12.5 Å². The topological polar surface area (TPSA) is 102 Å². The first-order chi connectivity index (χ1) is 9.47. The second-order valence-corrected chi connectivity index (χ2v) is 4.90. The number of rotatable bonds is 2. The van der Waals surface area contributed by atoms with Gasteiger partial charge in [-0.15, -0.1) is 0 Å². The zero-order valence-electron chi connectivity index (χ0n) is 10.7. The molecule has 2 amide bonds. The molecule has 7 nitrogen and oxygen atoms in total. The molecule has 1 N–H and O–H groups in total. The van der Waals surface area contributed by atoms with Crippen molar-refractivity contribution in [2.45, 2.75) is 0 Å². The molecule has 0 atom stereocenters. The molecule has 0 saturated carbocycles. The number of benzene rings is 1. The molecule has 0 aliphatic rings. The van der Waals surface area contributed by atoms with Gasteiger partial charge in [0.15, 0.2) is 5.17 Å². The minimum absolute atomic E-state index is 0.0992. The Kier molecular flexibility index (Phi) is 6.19. The van der Waals surface area contributed by atoms with Crippen LogP contribution < -0.4 is 5.32 Å². The van der Waals surface area contributed by atoms with Gasteiger partial charge >= 0.3 is 5.24 Å². The average molecular weight is 313 g/mol. The van der Waals surface area contributed by atoms with Gasteiger partial charge in [-0.2, -0.15) is 4.99 Å². The van der Waals surface area contributed by atoms with Crippen molar-refractivity contribution in [3.05, 3.63) is 39.9 Å². The Morgan fingerprint density at radius 2 is 1.80 bits per heavy atom. The summed E-state index contributed by atoms with van der Waals surface area (Å²) in [6, 6.07) is 5.14. The molecule has 0 saturated heterocycles. The van der Waals surface area contributed by atoms with Crippen LogP contribution in [0.3, 0.4) is 0 Å². The van der Waals surface area contributed by atoms with Gasteiger partial charge in [-0.05, 0) is 24.6 Å². The average Bonchev–Trinajstić information content (AvgIpc) is 2.46. The highest BCUT2D eigenvalue weighted by molar-refractivity contribution is 8.14. The van der Waals surface area contributed by atoms with Crippen molar-refractivity contribution < 1.29 is 14.5 Å². The Labute approximate surface area is 123 Å². The highest BCUT2D eigenvalue weighted by atomic mass is 32.2. The smallest absolute Gasteiger partial charge is 0.301 e. The van der Waals surface area contributed by atoms with Crippen LogP contribution in [-0.2, 0) is 0 Å². The SMILES string of the molecule is CSC(=O)/N=C(/NC(=O)c1ccc([N+](=O)[O-])cc1)SC. The largest absolute Gasteiger partial charge is 0.306 e. The number of amidine groups is 1. The highest BCUT2D eigenvalue weighted by Crippen LogP contribution is 2.12. The molecule has 0 fully saturated rings. The number of carbonyl (C=O) groups is 2. The molecule has 0 aliphatic carbocycles. The van der Waals surface area contributed by atoms with Crippen molar-refractivity contribution in [3.63, 3.8) is 0 Å². The van der Waals surface area contributed by atoms with E-state index in [1.165, 1.54) is 24.3 Å². The molecule has 0 heterocycles. The Hall–Kier alpha value is -1.87. The van der Waals surface area contributed by atoms with Gasteiger partial charge in [-0.3, -0.25) is 19.7 Å². The molecule has 0 radical (unpaired) electrons. The van der Waals surface area contributed by atoms with E-state index in [4.69, 9.17) is 0 Å². The molecule has 106 valence electrons. The second kappa shape index (κ2) is 7.65. The van der Waals surface area contributed by atoms with Gasteiger partial charge in [0.2, 0.25) is 0 Å². The van der Waals surface area contributed by atoms with Crippen LogP contribution in [0.1, 0.15) is 10.4 Å². The van der Waals surface area contributed by atoms with Crippen molar-refractivity contribution in [3.8, 4) is 0 Å². The Balaban J connectivity index is 2.82. The van der Waals surface area contributed by atoms with Gasteiger partial charge < -0.3 is 5.32 Å². The molecule has 0 bridgehead atoms. The zero-order valence-corrected chi connectivity index (χ0v) is 12.3. The number of nitro benzene ring substituents is 1. The summed E-state index contributed by atoms with van der Waals surface area (Å²) in [6.07, 6.45) is 3.25. The summed E-state index contributed by atoms with van der Waals surface area (Å²) in [5, 5.41) is 12.7. The Morgan fingerprint density at radius 3 is 2.25 bits per heavy atom. The highest BCUT2D eigenvalue weighted by Gasteiger charge is 2.11. The van der Waals surface area contributed by atoms with E-state index in [2.05, 4.69) is 10.3 Å². The van der Waals surface area contributed by atoms with Crippen molar-refractivity contribution >= 4 is 45.5 Å². The normalized spacial score (nSPS) is 11.0. The van der Waals surface area contributed by atoms with Crippen LogP contribution in [0.25, 0.3) is 0 Å². The lowest BCUT2D eigenvalue weighted by Crippen LogP contribution is -2.28. The number of amides is 2. The van der Waals surface area contributed by atoms with Crippen LogP contribution in [0.2, 0.25) is 0 Å². The molecule has 1 aromatic carbocycles. The van der Waals surface area contributed by atoms with Crippen molar-refractivity contribution in [2.24, 2.45) is 4.99 Å². The predicted octanol–water partition coefficient (Wildman–Crippen LogP) is 2.53. The third-order valence-electron chi connectivity index (χ3n) is 2.12. The summed E-state index contributed by atoms with van der Waals surface area (Å²) in [4.78, 5) is 36.7. The summed E-state index contributed by atoms with van der Waals surface area (Å²) in [5.74, 6) is -0.484. The molecule has 1 rings (SSSR count). The van der Waals surface area contributed by atoms with E-state index < -0.39 is 16.1 Å². The van der Waals surface area contributed by atoms with Crippen molar-refractivity contribution in [1.29, 1.82) is 0 Å². The maximum absolute atomic E-state index is 11.9. The number of nitrogens with zero attached hydrogens (tertiary/aromatic N) is 2. The lowest BCUT2D eigenvalue weighted by molar-refractivity contribution is -0.384. The number of nitrogens with one attached hydrogen (secondary N) is 1. The molecule has 0 spiro atoms. The van der Waals surface area contributed by atoms with E-state index in [0.29, 0.717) is 0 Å². The first-order valence-electron chi connectivity index (χ1n) is 5.24. The standard InChI is InChI=1S/C11H11N3O4S2/c1-19-10(13-11(16)20-2)12-9(15)7-3-5-8(6-4-7)14(17)18/h3-6H,1-2H3,(H,12,13,15,16). The summed E-state index contributed by atoms with van der Waals surface area (Å²) < 4.78 is 0. The minimum Gasteiger partial charge on any atom is -0.301 e. The predicted molar refractivity (Wildman–Crippen MR) is 80.4 cm³/mol. The van der Waals surface area contributed by atoms with Crippen molar-refractivity contribution in [1.82, 2.24) is 5.32 Å². The fraction of sp³-hybridized carbons (Fsp3) is 0.182. The molecule has 20 heavy (non-hydrogen) atoms. The number of non-ortho nitro benzene ring substituents is 1. The maximum Gasteiger partial charge on any atom is 0.306 e. The van der Waals surface area contributed by atoms with Crippen LogP contribution in [0, 0.1) is 10.1 Å². The Morgan fingerprint density at radius 1 is 1.20 bits per heavy atom. The quantitative estimate of drug-likeness (QED) is 0.389. The van der Waals surface area contributed by atoms with Gasteiger partial charge in [-0.1, -0.05) is 23.5 Å². The third kappa shape index (κ3) is 4.67. The van der Waals surface area contributed by atoms with E-state index in [1.54, 1.807) is 12.5 Å². The van der Waals surface area contributed by atoms with Gasteiger partial charge in [-0.25, -0.2) is 0 Å². The molecule has 0 aliphatic heterocycles. The second-order valence-electron chi connectivity index (χ2n) is 3.35. The number of hydrogen-bond donors (Lipinski definition) is 1. The van der Waals surface area contributed by atoms with E-state index in [0.717, 1.165) is 23.5 Å². The van der Waals surface area contributed by atoms with E-state index in [1.807, 2.05) is 0 Å². The molecular weight excluding hydrogens is 302 g/mol. The number of hydrogen-bond acceptors (Lipinski definition) is 6. The first-order valence-corrected chi connectivity index (χ1v) is 7.69.